The second kappa shape index (κ2) is 4.65. The lowest BCUT2D eigenvalue weighted by Crippen LogP contribution is -2.22. The van der Waals surface area contributed by atoms with Crippen LogP contribution in [0.3, 0.4) is 0 Å². The lowest BCUT2D eigenvalue weighted by molar-refractivity contribution is -0.117. The Bertz CT molecular complexity index is 625. The third kappa shape index (κ3) is 2.25. The number of nitrogen functional groups attached to an aromatic ring is 1. The third-order valence-corrected chi connectivity index (χ3v) is 3.17. The lowest BCUT2D eigenvalue weighted by Gasteiger charge is -2.10. The number of carbonyl (C=O) groups is 1. The molecule has 1 amide bonds. The van der Waals surface area contributed by atoms with Crippen molar-refractivity contribution in [3.05, 3.63) is 54.1 Å². The number of nitrogens with two attached hydrogens (primary N) is 1. The Morgan fingerprint density at radius 1 is 1.21 bits per heavy atom. The first-order valence-electron chi connectivity index (χ1n) is 6.12. The summed E-state index contributed by atoms with van der Waals surface area (Å²) in [5.41, 5.74) is 7.95. The highest BCUT2D eigenvalue weighted by molar-refractivity contribution is 5.97. The van der Waals surface area contributed by atoms with Crippen LogP contribution in [0.1, 0.15) is 11.5 Å². The molecule has 0 saturated heterocycles. The van der Waals surface area contributed by atoms with Crippen molar-refractivity contribution >= 4 is 17.3 Å². The maximum atomic E-state index is 12.3. The first-order chi connectivity index (χ1) is 9.24. The van der Waals surface area contributed by atoms with Gasteiger partial charge in [-0.15, -0.1) is 0 Å². The second-order valence-corrected chi connectivity index (χ2v) is 4.52. The Balaban J connectivity index is 1.79. The van der Waals surface area contributed by atoms with Crippen molar-refractivity contribution in [3.63, 3.8) is 0 Å². The van der Waals surface area contributed by atoms with E-state index >= 15 is 0 Å². The Kier molecular flexibility index (Phi) is 2.83. The molecule has 0 fully saturated rings. The van der Waals surface area contributed by atoms with Crippen molar-refractivity contribution in [2.45, 2.75) is 5.92 Å². The summed E-state index contributed by atoms with van der Waals surface area (Å²) in [4.78, 5) is 12.3. The van der Waals surface area contributed by atoms with Crippen molar-refractivity contribution < 1.29 is 9.53 Å². The number of hydrogen-bond acceptors (Lipinski definition) is 3. The van der Waals surface area contributed by atoms with E-state index in [0.29, 0.717) is 18.0 Å². The maximum absolute atomic E-state index is 12.3. The molecule has 2 aromatic rings. The maximum Gasteiger partial charge on any atom is 0.235 e. The van der Waals surface area contributed by atoms with E-state index in [1.54, 1.807) is 12.1 Å². The van der Waals surface area contributed by atoms with E-state index in [0.717, 1.165) is 11.3 Å². The molecule has 3 rings (SSSR count). The molecule has 0 saturated carbocycles. The van der Waals surface area contributed by atoms with E-state index in [9.17, 15) is 4.79 Å². The van der Waals surface area contributed by atoms with Gasteiger partial charge < -0.3 is 15.8 Å². The smallest absolute Gasteiger partial charge is 0.235 e. The van der Waals surface area contributed by atoms with E-state index in [4.69, 9.17) is 10.5 Å². The average Bonchev–Trinajstić information content (AvgIpc) is 2.82. The van der Waals surface area contributed by atoms with Gasteiger partial charge in [-0.05, 0) is 24.3 Å². The molecule has 0 radical (unpaired) electrons. The molecule has 0 spiro atoms. The zero-order valence-corrected chi connectivity index (χ0v) is 10.3. The fraction of sp³-hybridized carbons (Fsp3) is 0.133. The quantitative estimate of drug-likeness (QED) is 0.809. The minimum absolute atomic E-state index is 0.0736. The Morgan fingerprint density at radius 2 is 2.05 bits per heavy atom. The molecule has 4 heteroatoms. The molecule has 1 heterocycles. The van der Waals surface area contributed by atoms with Crippen molar-refractivity contribution in [3.8, 4) is 5.75 Å². The summed E-state index contributed by atoms with van der Waals surface area (Å²) in [6, 6.07) is 14.8. The topological polar surface area (TPSA) is 64.3 Å². The number of ether oxygens (including phenoxy) is 1. The minimum atomic E-state index is -0.266. The monoisotopic (exact) mass is 254 g/mol. The van der Waals surface area contributed by atoms with Crippen molar-refractivity contribution in [1.82, 2.24) is 0 Å². The number of hydrogen-bond donors (Lipinski definition) is 2. The van der Waals surface area contributed by atoms with E-state index < -0.39 is 0 Å². The predicted molar refractivity (Wildman–Crippen MR) is 74.2 cm³/mol. The van der Waals surface area contributed by atoms with Crippen LogP contribution in [0.25, 0.3) is 0 Å². The predicted octanol–water partition coefficient (Wildman–Crippen LogP) is 2.38. The molecular formula is C15H14N2O2. The Morgan fingerprint density at radius 3 is 2.89 bits per heavy atom. The third-order valence-electron chi connectivity index (χ3n) is 3.17. The zero-order valence-electron chi connectivity index (χ0n) is 10.3. The Hall–Kier alpha value is -2.49. The van der Waals surface area contributed by atoms with E-state index in [1.165, 1.54) is 0 Å². The van der Waals surface area contributed by atoms with Crippen molar-refractivity contribution in [2.75, 3.05) is 17.7 Å². The molecule has 0 aromatic heterocycles. The summed E-state index contributed by atoms with van der Waals surface area (Å²) >= 11 is 0. The molecule has 3 N–H and O–H groups in total. The Labute approximate surface area is 111 Å². The molecular weight excluding hydrogens is 240 g/mol. The highest BCUT2D eigenvalue weighted by Crippen LogP contribution is 2.34. The highest BCUT2D eigenvalue weighted by atomic mass is 16.5. The van der Waals surface area contributed by atoms with Crippen LogP contribution in [-0.4, -0.2) is 12.5 Å². The fourth-order valence-electron chi connectivity index (χ4n) is 2.23. The summed E-state index contributed by atoms with van der Waals surface area (Å²) in [6.45, 7) is 0.382. The van der Waals surface area contributed by atoms with Gasteiger partial charge in [-0.3, -0.25) is 4.79 Å². The molecule has 96 valence electrons. The van der Waals surface area contributed by atoms with Gasteiger partial charge >= 0.3 is 0 Å². The van der Waals surface area contributed by atoms with Gasteiger partial charge in [0.25, 0.3) is 0 Å². The van der Waals surface area contributed by atoms with Gasteiger partial charge in [0.2, 0.25) is 5.91 Å². The van der Waals surface area contributed by atoms with Crippen molar-refractivity contribution in [1.29, 1.82) is 0 Å². The number of carbonyl (C=O) groups excluding carboxylic acids is 1. The van der Waals surface area contributed by atoms with Crippen LogP contribution in [0, 0.1) is 0 Å². The molecule has 0 aliphatic carbocycles. The van der Waals surface area contributed by atoms with Gasteiger partial charge in [-0.1, -0.05) is 24.3 Å². The normalized spacial score (nSPS) is 16.5. The van der Waals surface area contributed by atoms with Crippen LogP contribution in [-0.2, 0) is 4.79 Å². The van der Waals surface area contributed by atoms with Gasteiger partial charge in [0.05, 0.1) is 0 Å². The zero-order chi connectivity index (χ0) is 13.2. The number of nitrogens with one attached hydrogen (secondary N) is 1. The van der Waals surface area contributed by atoms with Gasteiger partial charge in [-0.2, -0.15) is 0 Å². The summed E-state index contributed by atoms with van der Waals surface area (Å²) in [7, 11) is 0. The first kappa shape index (κ1) is 11.6. The average molecular weight is 254 g/mol. The number of fused-ring (bicyclic) bond motifs is 1. The van der Waals surface area contributed by atoms with Crippen LogP contribution >= 0.6 is 0 Å². The van der Waals surface area contributed by atoms with Crippen LogP contribution in [0.5, 0.6) is 5.75 Å². The largest absolute Gasteiger partial charge is 0.492 e. The summed E-state index contributed by atoms with van der Waals surface area (Å²) < 4.78 is 5.51. The number of anilines is 2. The van der Waals surface area contributed by atoms with Crippen LogP contribution in [0.2, 0.25) is 0 Å². The fourth-order valence-corrected chi connectivity index (χ4v) is 2.23. The molecule has 1 atom stereocenters. The molecule has 1 aliphatic rings. The van der Waals surface area contributed by atoms with E-state index in [2.05, 4.69) is 5.32 Å². The van der Waals surface area contributed by atoms with E-state index in [1.807, 2.05) is 36.4 Å². The first-order valence-corrected chi connectivity index (χ1v) is 6.12. The molecule has 1 aliphatic heterocycles. The number of para-hydroxylation sites is 1. The SMILES string of the molecule is Nc1cccc(NC(=O)C2COc3ccccc32)c1. The van der Waals surface area contributed by atoms with E-state index in [-0.39, 0.29) is 11.8 Å². The van der Waals surface area contributed by atoms with Crippen LogP contribution < -0.4 is 15.8 Å². The van der Waals surface area contributed by atoms with Gasteiger partial charge in [-0.25, -0.2) is 0 Å². The summed E-state index contributed by atoms with van der Waals surface area (Å²) in [6.07, 6.45) is 0. The molecule has 19 heavy (non-hydrogen) atoms. The molecule has 2 aromatic carbocycles. The standard InChI is InChI=1S/C15H14N2O2/c16-10-4-3-5-11(8-10)17-15(18)13-9-19-14-7-2-1-6-12(13)14/h1-8,13H,9,16H2,(H,17,18). The molecule has 4 nitrogen and oxygen atoms in total. The van der Waals surface area contributed by atoms with Gasteiger partial charge in [0.15, 0.2) is 0 Å². The number of benzene rings is 2. The van der Waals surface area contributed by atoms with Crippen LogP contribution in [0.15, 0.2) is 48.5 Å². The molecule has 1 unspecified atom stereocenters. The van der Waals surface area contributed by atoms with Crippen LogP contribution in [0.4, 0.5) is 11.4 Å². The lowest BCUT2D eigenvalue weighted by atomic mass is 10.0. The minimum Gasteiger partial charge on any atom is -0.492 e. The number of amides is 1. The second-order valence-electron chi connectivity index (χ2n) is 4.52. The molecule has 0 bridgehead atoms. The number of rotatable bonds is 2. The van der Waals surface area contributed by atoms with Gasteiger partial charge in [0.1, 0.15) is 18.3 Å². The highest BCUT2D eigenvalue weighted by Gasteiger charge is 2.29. The van der Waals surface area contributed by atoms with Crippen molar-refractivity contribution in [2.24, 2.45) is 0 Å². The summed E-state index contributed by atoms with van der Waals surface area (Å²) in [5.74, 6) is 0.448. The summed E-state index contributed by atoms with van der Waals surface area (Å²) in [5, 5.41) is 2.87. The van der Waals surface area contributed by atoms with Gasteiger partial charge in [0, 0.05) is 16.9 Å².